The van der Waals surface area contributed by atoms with Crippen molar-refractivity contribution in [3.05, 3.63) is 62.9 Å². The van der Waals surface area contributed by atoms with E-state index in [1.54, 1.807) is 19.2 Å². The Bertz CT molecular complexity index is 1050. The number of aromatic hydroxyl groups is 1. The number of hydrogen-bond donors (Lipinski definition) is 2. The van der Waals surface area contributed by atoms with E-state index in [9.17, 15) is 9.90 Å². The highest BCUT2D eigenvalue weighted by Crippen LogP contribution is 2.41. The fourth-order valence-corrected chi connectivity index (χ4v) is 2.98. The number of phenols is 1. The molecule has 2 N–H and O–H groups in total. The Morgan fingerprint density at radius 1 is 1.32 bits per heavy atom. The third-order valence-corrected chi connectivity index (χ3v) is 4.27. The van der Waals surface area contributed by atoms with Crippen molar-refractivity contribution < 1.29 is 14.6 Å². The van der Waals surface area contributed by atoms with Crippen LogP contribution in [0.25, 0.3) is 11.4 Å². The van der Waals surface area contributed by atoms with Gasteiger partial charge in [0.1, 0.15) is 11.6 Å². The molecule has 0 radical (unpaired) electrons. The Hall–Kier alpha value is -2.99. The van der Waals surface area contributed by atoms with Crippen LogP contribution < -0.4 is 15.0 Å². The molecule has 0 spiro atoms. The molecule has 2 heterocycles. The second-order valence-electron chi connectivity index (χ2n) is 5.59. The van der Waals surface area contributed by atoms with Crippen LogP contribution in [0.4, 0.5) is 0 Å². The summed E-state index contributed by atoms with van der Waals surface area (Å²) in [6.07, 6.45) is 0.381. The Balaban J connectivity index is 1.86. The van der Waals surface area contributed by atoms with Gasteiger partial charge in [-0.1, -0.05) is 23.7 Å². The van der Waals surface area contributed by atoms with Gasteiger partial charge in [0.15, 0.2) is 11.5 Å². The molecule has 2 aromatic carbocycles. The molecule has 0 aliphatic carbocycles. The number of aromatic nitrogens is 2. The fourth-order valence-electron chi connectivity index (χ4n) is 2.81. The first-order chi connectivity index (χ1) is 12.1. The van der Waals surface area contributed by atoms with E-state index in [-0.39, 0.29) is 23.0 Å². The summed E-state index contributed by atoms with van der Waals surface area (Å²) in [6, 6.07) is 10.0. The smallest absolute Gasteiger partial charge is 0.258 e. The van der Waals surface area contributed by atoms with Gasteiger partial charge in [0, 0.05) is 17.0 Å². The van der Waals surface area contributed by atoms with Crippen molar-refractivity contribution >= 4 is 11.6 Å². The number of rotatable bonds is 2. The molecule has 7 heteroatoms. The average molecular weight is 357 g/mol. The maximum Gasteiger partial charge on any atom is 0.258 e. The molecule has 126 valence electrons. The van der Waals surface area contributed by atoms with Gasteiger partial charge in [0.25, 0.3) is 5.56 Å². The van der Waals surface area contributed by atoms with Gasteiger partial charge >= 0.3 is 0 Å². The van der Waals surface area contributed by atoms with E-state index >= 15 is 0 Å². The van der Waals surface area contributed by atoms with Gasteiger partial charge in [-0.3, -0.25) is 4.79 Å². The number of hydrogen-bond acceptors (Lipinski definition) is 5. The van der Waals surface area contributed by atoms with Crippen LogP contribution in [0.5, 0.6) is 23.1 Å². The van der Waals surface area contributed by atoms with E-state index < -0.39 is 0 Å². The van der Waals surface area contributed by atoms with Gasteiger partial charge in [-0.05, 0) is 24.3 Å². The molecule has 1 aromatic heterocycles. The van der Waals surface area contributed by atoms with Crippen molar-refractivity contribution in [3.8, 4) is 34.5 Å². The van der Waals surface area contributed by atoms with Crippen LogP contribution in [0, 0.1) is 0 Å². The number of nitrogens with zero attached hydrogens (tertiary/aromatic N) is 1. The summed E-state index contributed by atoms with van der Waals surface area (Å²) in [4.78, 5) is 19.5. The average Bonchev–Trinajstić information content (AvgIpc) is 2.61. The molecular weight excluding hydrogens is 344 g/mol. The van der Waals surface area contributed by atoms with E-state index in [1.807, 2.05) is 12.1 Å². The summed E-state index contributed by atoms with van der Waals surface area (Å²) in [5, 5.41) is 10.5. The molecule has 6 nitrogen and oxygen atoms in total. The maximum absolute atomic E-state index is 12.5. The maximum atomic E-state index is 12.5. The van der Waals surface area contributed by atoms with Crippen LogP contribution in [0.2, 0.25) is 5.02 Å². The predicted octanol–water partition coefficient (Wildman–Crippen LogP) is 3.50. The number of phenolic OH excluding ortho intramolecular Hbond substituents is 1. The second-order valence-corrected chi connectivity index (χ2v) is 6.02. The summed E-state index contributed by atoms with van der Waals surface area (Å²) in [5.41, 5.74) is 1.26. The van der Waals surface area contributed by atoms with Gasteiger partial charge in [0.2, 0.25) is 5.88 Å². The minimum atomic E-state index is -0.326. The number of para-hydroxylation sites is 1. The summed E-state index contributed by atoms with van der Waals surface area (Å²) in [7, 11) is 1.55. The van der Waals surface area contributed by atoms with Crippen molar-refractivity contribution in [1.29, 1.82) is 0 Å². The molecule has 1 aliphatic rings. The Labute approximate surface area is 147 Å². The number of ether oxygens (including phenoxy) is 2. The zero-order chi connectivity index (χ0) is 17.6. The topological polar surface area (TPSA) is 84.4 Å². The van der Waals surface area contributed by atoms with Crippen LogP contribution in [-0.2, 0) is 6.42 Å². The van der Waals surface area contributed by atoms with Crippen LogP contribution in [-0.4, -0.2) is 22.2 Å². The van der Waals surface area contributed by atoms with E-state index in [0.717, 1.165) is 5.56 Å². The van der Waals surface area contributed by atoms with Gasteiger partial charge in [-0.15, -0.1) is 0 Å². The highest BCUT2D eigenvalue weighted by molar-refractivity contribution is 6.30. The third kappa shape index (κ3) is 2.60. The van der Waals surface area contributed by atoms with Crippen molar-refractivity contribution in [2.24, 2.45) is 0 Å². The van der Waals surface area contributed by atoms with Crippen LogP contribution in [0.3, 0.4) is 0 Å². The Kier molecular flexibility index (Phi) is 3.62. The molecule has 0 amide bonds. The van der Waals surface area contributed by atoms with Gasteiger partial charge in [0.05, 0.1) is 18.2 Å². The second kappa shape index (κ2) is 5.82. The molecule has 25 heavy (non-hydrogen) atoms. The molecule has 0 bridgehead atoms. The standard InChI is InChI=1S/C18H13ClN2O4/c1-24-14-4-2-3-9-7-12-17(23)20-16(21-18(12)25-15(9)14)11-8-10(19)5-6-13(11)22/h2-6,8,22H,7H2,1H3,(H,20,21,23). The van der Waals surface area contributed by atoms with Crippen molar-refractivity contribution in [1.82, 2.24) is 9.97 Å². The molecular formula is C18H13ClN2O4. The quantitative estimate of drug-likeness (QED) is 0.574. The van der Waals surface area contributed by atoms with E-state index in [0.29, 0.717) is 34.1 Å². The molecule has 1 aliphatic heterocycles. The Morgan fingerprint density at radius 3 is 2.96 bits per heavy atom. The van der Waals surface area contributed by atoms with Crippen molar-refractivity contribution in [2.75, 3.05) is 7.11 Å². The number of fused-ring (bicyclic) bond motifs is 2. The first-order valence-electron chi connectivity index (χ1n) is 7.52. The molecule has 0 unspecified atom stereocenters. The van der Waals surface area contributed by atoms with E-state index in [4.69, 9.17) is 21.1 Å². The highest BCUT2D eigenvalue weighted by Gasteiger charge is 2.25. The number of benzene rings is 2. The van der Waals surface area contributed by atoms with Gasteiger partial charge < -0.3 is 19.6 Å². The fraction of sp³-hybridized carbons (Fsp3) is 0.111. The molecule has 0 atom stereocenters. The van der Waals surface area contributed by atoms with Crippen LogP contribution >= 0.6 is 11.6 Å². The van der Waals surface area contributed by atoms with E-state index in [2.05, 4.69) is 9.97 Å². The SMILES string of the molecule is COc1cccc2c1Oc1nc(-c3cc(Cl)ccc3O)[nH]c(=O)c1C2. The minimum absolute atomic E-state index is 0.0405. The first-order valence-corrected chi connectivity index (χ1v) is 7.90. The van der Waals surface area contributed by atoms with Gasteiger partial charge in [-0.2, -0.15) is 4.98 Å². The largest absolute Gasteiger partial charge is 0.507 e. The zero-order valence-electron chi connectivity index (χ0n) is 13.2. The number of methoxy groups -OCH3 is 1. The number of halogens is 1. The summed E-state index contributed by atoms with van der Waals surface area (Å²) in [6.45, 7) is 0. The monoisotopic (exact) mass is 356 g/mol. The lowest BCUT2D eigenvalue weighted by Crippen LogP contribution is -2.20. The van der Waals surface area contributed by atoms with Crippen molar-refractivity contribution in [2.45, 2.75) is 6.42 Å². The lowest BCUT2D eigenvalue weighted by molar-refractivity contribution is 0.365. The number of nitrogens with one attached hydrogen (secondary N) is 1. The van der Waals surface area contributed by atoms with Gasteiger partial charge in [-0.25, -0.2) is 0 Å². The zero-order valence-corrected chi connectivity index (χ0v) is 13.9. The molecule has 4 rings (SSSR count). The molecule has 0 fully saturated rings. The lowest BCUT2D eigenvalue weighted by Gasteiger charge is -2.21. The van der Waals surface area contributed by atoms with Crippen LogP contribution in [0.15, 0.2) is 41.2 Å². The number of H-pyrrole nitrogens is 1. The summed E-state index contributed by atoms with van der Waals surface area (Å²) < 4.78 is 11.2. The number of aromatic amines is 1. The summed E-state index contributed by atoms with van der Waals surface area (Å²) >= 11 is 5.98. The normalized spacial score (nSPS) is 12.1. The molecule has 0 saturated carbocycles. The van der Waals surface area contributed by atoms with Crippen LogP contribution in [0.1, 0.15) is 11.1 Å². The minimum Gasteiger partial charge on any atom is -0.507 e. The first kappa shape index (κ1) is 15.5. The van der Waals surface area contributed by atoms with E-state index in [1.165, 1.54) is 12.1 Å². The lowest BCUT2D eigenvalue weighted by atomic mass is 10.0. The van der Waals surface area contributed by atoms with Crippen molar-refractivity contribution in [3.63, 3.8) is 0 Å². The predicted molar refractivity (Wildman–Crippen MR) is 92.8 cm³/mol. The highest BCUT2D eigenvalue weighted by atomic mass is 35.5. The molecule has 0 saturated heterocycles. The third-order valence-electron chi connectivity index (χ3n) is 4.04. The Morgan fingerprint density at radius 2 is 2.16 bits per heavy atom. The summed E-state index contributed by atoms with van der Waals surface area (Å²) in [5.74, 6) is 1.44. The molecule has 3 aromatic rings.